The molecule has 2 rings (SSSR count). The van der Waals surface area contributed by atoms with Gasteiger partial charge in [-0.1, -0.05) is 31.4 Å². The Kier molecular flexibility index (Phi) is 7.40. The van der Waals surface area contributed by atoms with E-state index in [1.807, 2.05) is 19.2 Å². The van der Waals surface area contributed by atoms with E-state index < -0.39 is 0 Å². The molecule has 0 aliphatic heterocycles. The number of benzene rings is 1. The summed E-state index contributed by atoms with van der Waals surface area (Å²) in [5, 5.41) is 3.16. The molecule has 0 amide bonds. The lowest BCUT2D eigenvalue weighted by Crippen LogP contribution is -2.16. The van der Waals surface area contributed by atoms with Crippen molar-refractivity contribution in [2.75, 3.05) is 26.9 Å². The van der Waals surface area contributed by atoms with Crippen LogP contribution in [0.15, 0.2) is 29.3 Å². The number of hydrogen-bond acceptors (Lipinski definition) is 4. The van der Waals surface area contributed by atoms with Crippen LogP contribution >= 0.6 is 0 Å². The Morgan fingerprint density at radius 3 is 2.86 bits per heavy atom. The maximum absolute atomic E-state index is 6.02. The second-order valence-corrected chi connectivity index (χ2v) is 5.98. The Labute approximate surface area is 134 Å². The number of rotatable bonds is 8. The standard InChI is InChI=1S/C18H29N3O/c1-20-11-10-18(21-14-19)16-8-5-9-17(12-16)22-13-15-6-3-2-4-7-15/h5,8-9,12,15,20H,2-4,6-7,10-11,13-14,19H2,1H3/b21-18+. The second-order valence-electron chi connectivity index (χ2n) is 5.98. The first-order valence-corrected chi connectivity index (χ1v) is 8.44. The van der Waals surface area contributed by atoms with Gasteiger partial charge in [-0.2, -0.15) is 0 Å². The zero-order valence-electron chi connectivity index (χ0n) is 13.7. The van der Waals surface area contributed by atoms with E-state index in [1.54, 1.807) is 0 Å². The van der Waals surface area contributed by atoms with Crippen LogP contribution in [0.3, 0.4) is 0 Å². The molecule has 3 N–H and O–H groups in total. The third-order valence-corrected chi connectivity index (χ3v) is 4.27. The summed E-state index contributed by atoms with van der Waals surface area (Å²) in [6.45, 7) is 2.06. The van der Waals surface area contributed by atoms with Crippen molar-refractivity contribution < 1.29 is 4.74 Å². The minimum Gasteiger partial charge on any atom is -0.493 e. The van der Waals surface area contributed by atoms with Crippen LogP contribution in [0, 0.1) is 5.92 Å². The van der Waals surface area contributed by atoms with Gasteiger partial charge in [0.05, 0.1) is 13.3 Å². The summed E-state index contributed by atoms with van der Waals surface area (Å²) < 4.78 is 6.02. The lowest BCUT2D eigenvalue weighted by atomic mass is 9.90. The van der Waals surface area contributed by atoms with Crippen LogP contribution in [-0.4, -0.2) is 32.6 Å². The van der Waals surface area contributed by atoms with E-state index in [4.69, 9.17) is 10.5 Å². The minimum atomic E-state index is 0.326. The van der Waals surface area contributed by atoms with Gasteiger partial charge in [-0.15, -0.1) is 0 Å². The highest BCUT2D eigenvalue weighted by molar-refractivity contribution is 6.01. The van der Waals surface area contributed by atoms with E-state index in [0.717, 1.165) is 42.5 Å². The van der Waals surface area contributed by atoms with Crippen molar-refractivity contribution >= 4 is 5.71 Å². The van der Waals surface area contributed by atoms with E-state index in [1.165, 1.54) is 32.1 Å². The topological polar surface area (TPSA) is 59.6 Å². The van der Waals surface area contributed by atoms with E-state index in [0.29, 0.717) is 6.67 Å². The normalized spacial score (nSPS) is 16.7. The molecule has 1 fully saturated rings. The molecular formula is C18H29N3O. The zero-order chi connectivity index (χ0) is 15.6. The molecule has 0 radical (unpaired) electrons. The molecule has 122 valence electrons. The lowest BCUT2D eigenvalue weighted by Gasteiger charge is -2.21. The number of nitrogens with one attached hydrogen (secondary N) is 1. The molecule has 4 nitrogen and oxygen atoms in total. The van der Waals surface area contributed by atoms with Gasteiger partial charge in [-0.05, 0) is 43.5 Å². The van der Waals surface area contributed by atoms with Crippen LogP contribution in [0.4, 0.5) is 0 Å². The molecule has 1 aliphatic rings. The zero-order valence-corrected chi connectivity index (χ0v) is 13.7. The summed E-state index contributed by atoms with van der Waals surface area (Å²) in [4.78, 5) is 4.42. The molecule has 1 saturated carbocycles. The van der Waals surface area contributed by atoms with Crippen molar-refractivity contribution in [1.82, 2.24) is 5.32 Å². The van der Waals surface area contributed by atoms with E-state index >= 15 is 0 Å². The van der Waals surface area contributed by atoms with Gasteiger partial charge in [-0.3, -0.25) is 4.99 Å². The van der Waals surface area contributed by atoms with Gasteiger partial charge in [0.25, 0.3) is 0 Å². The van der Waals surface area contributed by atoms with Gasteiger partial charge in [0.1, 0.15) is 5.75 Å². The molecule has 1 aliphatic carbocycles. The van der Waals surface area contributed by atoms with Gasteiger partial charge >= 0.3 is 0 Å². The third kappa shape index (κ3) is 5.43. The van der Waals surface area contributed by atoms with Gasteiger partial charge in [-0.25, -0.2) is 0 Å². The number of nitrogens with two attached hydrogens (primary N) is 1. The molecule has 4 heteroatoms. The molecule has 0 bridgehead atoms. The largest absolute Gasteiger partial charge is 0.493 e. The first-order valence-electron chi connectivity index (χ1n) is 8.44. The molecule has 0 aromatic heterocycles. The summed E-state index contributed by atoms with van der Waals surface area (Å²) in [7, 11) is 1.95. The number of hydrogen-bond donors (Lipinski definition) is 2. The van der Waals surface area contributed by atoms with Crippen LogP contribution < -0.4 is 15.8 Å². The van der Waals surface area contributed by atoms with Gasteiger partial charge in [0.2, 0.25) is 0 Å². The predicted molar refractivity (Wildman–Crippen MR) is 92.6 cm³/mol. The Hall–Kier alpha value is -1.39. The van der Waals surface area contributed by atoms with E-state index in [9.17, 15) is 0 Å². The summed E-state index contributed by atoms with van der Waals surface area (Å²) in [6, 6.07) is 8.24. The molecule has 1 aromatic rings. The number of nitrogens with zero attached hydrogens (tertiary/aromatic N) is 1. The van der Waals surface area contributed by atoms with Gasteiger partial charge < -0.3 is 15.8 Å². The van der Waals surface area contributed by atoms with Crippen molar-refractivity contribution in [3.05, 3.63) is 29.8 Å². The first-order chi connectivity index (χ1) is 10.8. The van der Waals surface area contributed by atoms with Crippen LogP contribution in [0.1, 0.15) is 44.1 Å². The van der Waals surface area contributed by atoms with Crippen molar-refractivity contribution in [3.63, 3.8) is 0 Å². The smallest absolute Gasteiger partial charge is 0.119 e. The fourth-order valence-electron chi connectivity index (χ4n) is 3.00. The Morgan fingerprint density at radius 2 is 2.14 bits per heavy atom. The van der Waals surface area contributed by atoms with Gasteiger partial charge in [0.15, 0.2) is 0 Å². The third-order valence-electron chi connectivity index (χ3n) is 4.27. The highest BCUT2D eigenvalue weighted by Crippen LogP contribution is 2.25. The fraction of sp³-hybridized carbons (Fsp3) is 0.611. The van der Waals surface area contributed by atoms with Crippen molar-refractivity contribution in [2.45, 2.75) is 38.5 Å². The summed E-state index contributed by atoms with van der Waals surface area (Å²) in [5.41, 5.74) is 7.75. The van der Waals surface area contributed by atoms with Gasteiger partial charge in [0, 0.05) is 18.7 Å². The van der Waals surface area contributed by atoms with E-state index in [2.05, 4.69) is 22.4 Å². The molecule has 1 aromatic carbocycles. The molecular weight excluding hydrogens is 274 g/mol. The molecule has 0 heterocycles. The van der Waals surface area contributed by atoms with Crippen LogP contribution in [-0.2, 0) is 0 Å². The SMILES string of the molecule is CNCC/C(=N\CN)c1cccc(OCC2CCCCC2)c1. The monoisotopic (exact) mass is 303 g/mol. The molecule has 22 heavy (non-hydrogen) atoms. The Balaban J connectivity index is 1.96. The molecule has 0 spiro atoms. The van der Waals surface area contributed by atoms with Crippen molar-refractivity contribution in [2.24, 2.45) is 16.6 Å². The minimum absolute atomic E-state index is 0.326. The summed E-state index contributed by atoms with van der Waals surface area (Å²) in [5.74, 6) is 1.66. The molecule has 0 saturated heterocycles. The fourth-order valence-corrected chi connectivity index (χ4v) is 3.00. The Bertz CT molecular complexity index is 467. The number of aliphatic imine (C=N–C) groups is 1. The highest BCUT2D eigenvalue weighted by atomic mass is 16.5. The maximum Gasteiger partial charge on any atom is 0.119 e. The number of ether oxygens (including phenoxy) is 1. The van der Waals surface area contributed by atoms with Crippen LogP contribution in [0.5, 0.6) is 5.75 Å². The second kappa shape index (κ2) is 9.59. The molecule has 0 unspecified atom stereocenters. The quantitative estimate of drug-likeness (QED) is 0.726. The average molecular weight is 303 g/mol. The first kappa shape index (κ1) is 17.0. The summed E-state index contributed by atoms with van der Waals surface area (Å²) in [6.07, 6.45) is 7.58. The average Bonchev–Trinajstić information content (AvgIpc) is 2.58. The van der Waals surface area contributed by atoms with E-state index in [-0.39, 0.29) is 0 Å². The van der Waals surface area contributed by atoms with Crippen LogP contribution in [0.25, 0.3) is 0 Å². The van der Waals surface area contributed by atoms with Crippen LogP contribution in [0.2, 0.25) is 0 Å². The predicted octanol–water partition coefficient (Wildman–Crippen LogP) is 2.96. The summed E-state index contributed by atoms with van der Waals surface area (Å²) >= 11 is 0. The van der Waals surface area contributed by atoms with Crippen molar-refractivity contribution in [1.29, 1.82) is 0 Å². The Morgan fingerprint density at radius 1 is 1.32 bits per heavy atom. The lowest BCUT2D eigenvalue weighted by molar-refractivity contribution is 0.209. The molecule has 0 atom stereocenters. The maximum atomic E-state index is 6.02. The highest BCUT2D eigenvalue weighted by Gasteiger charge is 2.14. The van der Waals surface area contributed by atoms with Crippen molar-refractivity contribution in [3.8, 4) is 5.75 Å².